The zero-order chi connectivity index (χ0) is 21.0. The van der Waals surface area contributed by atoms with E-state index >= 15 is 0 Å². The van der Waals surface area contributed by atoms with E-state index in [1.165, 1.54) is 12.1 Å². The summed E-state index contributed by atoms with van der Waals surface area (Å²) < 4.78 is 28.2. The number of nitrogens with one attached hydrogen (secondary N) is 2. The summed E-state index contributed by atoms with van der Waals surface area (Å²) in [5.74, 6) is -0.307. The number of para-hydroxylation sites is 1. The number of sulfonamides is 1. The van der Waals surface area contributed by atoms with Crippen LogP contribution in [0.5, 0.6) is 0 Å². The van der Waals surface area contributed by atoms with Crippen molar-refractivity contribution in [2.75, 3.05) is 4.72 Å². The summed E-state index contributed by atoms with van der Waals surface area (Å²) in [4.78, 5) is 12.8. The van der Waals surface area contributed by atoms with Crippen molar-refractivity contribution in [2.45, 2.75) is 32.2 Å². The third-order valence-corrected chi connectivity index (χ3v) is 6.22. The van der Waals surface area contributed by atoms with Crippen LogP contribution in [-0.4, -0.2) is 14.3 Å². The minimum Gasteiger partial charge on any atom is -0.348 e. The van der Waals surface area contributed by atoms with Gasteiger partial charge in [0.25, 0.3) is 15.9 Å². The normalized spacial score (nSPS) is 11.1. The molecule has 5 nitrogen and oxygen atoms in total. The van der Waals surface area contributed by atoms with Crippen molar-refractivity contribution in [1.82, 2.24) is 5.32 Å². The Hall–Kier alpha value is -3.12. The number of hydrogen-bond acceptors (Lipinski definition) is 3. The van der Waals surface area contributed by atoms with Gasteiger partial charge in [-0.25, -0.2) is 8.42 Å². The molecule has 0 atom stereocenters. The zero-order valence-electron chi connectivity index (χ0n) is 16.7. The van der Waals surface area contributed by atoms with Gasteiger partial charge in [-0.1, -0.05) is 48.5 Å². The van der Waals surface area contributed by atoms with E-state index < -0.39 is 10.0 Å². The summed E-state index contributed by atoms with van der Waals surface area (Å²) in [7, 11) is -3.81. The van der Waals surface area contributed by atoms with E-state index in [-0.39, 0.29) is 10.8 Å². The maximum absolute atomic E-state index is 12.8. The molecule has 150 valence electrons. The van der Waals surface area contributed by atoms with Crippen molar-refractivity contribution in [3.8, 4) is 0 Å². The molecule has 0 saturated heterocycles. The van der Waals surface area contributed by atoms with Gasteiger partial charge in [-0.15, -0.1) is 0 Å². The highest BCUT2D eigenvalue weighted by Crippen LogP contribution is 2.21. The molecule has 1 amide bonds. The number of anilines is 1. The lowest BCUT2D eigenvalue weighted by molar-refractivity contribution is 0.0950. The zero-order valence-corrected chi connectivity index (χ0v) is 17.5. The topological polar surface area (TPSA) is 75.3 Å². The average Bonchev–Trinajstić information content (AvgIpc) is 2.69. The first kappa shape index (κ1) is 20.6. The number of amides is 1. The van der Waals surface area contributed by atoms with Crippen LogP contribution in [0.15, 0.2) is 71.6 Å². The Kier molecular flexibility index (Phi) is 6.03. The van der Waals surface area contributed by atoms with E-state index in [1.807, 2.05) is 50.2 Å². The predicted octanol–water partition coefficient (Wildman–Crippen LogP) is 4.34. The van der Waals surface area contributed by atoms with Crippen molar-refractivity contribution < 1.29 is 13.2 Å². The van der Waals surface area contributed by atoms with Crippen LogP contribution >= 0.6 is 0 Å². The number of rotatable bonds is 6. The van der Waals surface area contributed by atoms with Crippen LogP contribution in [0.3, 0.4) is 0 Å². The fourth-order valence-corrected chi connectivity index (χ4v) is 4.14. The van der Waals surface area contributed by atoms with E-state index in [1.54, 1.807) is 25.1 Å². The second-order valence-corrected chi connectivity index (χ2v) is 8.69. The predicted molar refractivity (Wildman–Crippen MR) is 116 cm³/mol. The number of aryl methyl sites for hydroxylation is 3. The monoisotopic (exact) mass is 408 g/mol. The van der Waals surface area contributed by atoms with E-state index in [9.17, 15) is 13.2 Å². The van der Waals surface area contributed by atoms with Gasteiger partial charge in [-0.05, 0) is 61.2 Å². The third kappa shape index (κ3) is 4.84. The summed E-state index contributed by atoms with van der Waals surface area (Å²) in [6.45, 7) is 5.98. The lowest BCUT2D eigenvalue weighted by Crippen LogP contribution is -2.24. The van der Waals surface area contributed by atoms with Gasteiger partial charge in [0.05, 0.1) is 10.6 Å². The van der Waals surface area contributed by atoms with Gasteiger partial charge in [0.2, 0.25) is 0 Å². The molecular formula is C23H24N2O3S. The Bertz CT molecular complexity index is 1150. The molecule has 0 aliphatic heterocycles. The van der Waals surface area contributed by atoms with Crippen LogP contribution < -0.4 is 10.0 Å². The minimum absolute atomic E-state index is 0.0485. The maximum Gasteiger partial charge on any atom is 0.261 e. The first-order valence-electron chi connectivity index (χ1n) is 9.30. The van der Waals surface area contributed by atoms with Crippen LogP contribution in [0.4, 0.5) is 5.69 Å². The second-order valence-electron chi connectivity index (χ2n) is 7.01. The summed E-state index contributed by atoms with van der Waals surface area (Å²) in [6, 6.07) is 19.5. The average molecular weight is 409 g/mol. The third-order valence-electron chi connectivity index (χ3n) is 4.85. The first-order chi connectivity index (χ1) is 13.8. The van der Waals surface area contributed by atoms with Crippen molar-refractivity contribution in [1.29, 1.82) is 0 Å². The number of hydrogen-bond donors (Lipinski definition) is 2. The number of carbonyl (C=O) groups excluding carboxylic acids is 1. The van der Waals surface area contributed by atoms with Crippen LogP contribution in [0.2, 0.25) is 0 Å². The molecule has 0 aromatic heterocycles. The number of benzene rings is 3. The van der Waals surface area contributed by atoms with E-state index in [0.29, 0.717) is 23.4 Å². The van der Waals surface area contributed by atoms with Gasteiger partial charge in [-0.3, -0.25) is 9.52 Å². The molecule has 0 bridgehead atoms. The van der Waals surface area contributed by atoms with Crippen molar-refractivity contribution >= 4 is 21.6 Å². The standard InChI is InChI=1S/C23H24N2O3S/c1-16-8-4-6-10-19(16)15-24-23(26)21-14-20(13-12-17(21)2)29(27,28)25-22-11-7-5-9-18(22)3/h4-14,25H,15H2,1-3H3,(H,24,26). The fraction of sp³-hybridized carbons (Fsp3) is 0.174. The van der Waals surface area contributed by atoms with Gasteiger partial charge >= 0.3 is 0 Å². The highest BCUT2D eigenvalue weighted by molar-refractivity contribution is 7.92. The Morgan fingerprint density at radius 1 is 0.828 bits per heavy atom. The molecule has 0 radical (unpaired) electrons. The summed E-state index contributed by atoms with van der Waals surface area (Å²) in [5.41, 5.74) is 4.48. The molecule has 0 heterocycles. The van der Waals surface area contributed by atoms with Crippen LogP contribution in [0.25, 0.3) is 0 Å². The molecule has 2 N–H and O–H groups in total. The summed E-state index contributed by atoms with van der Waals surface area (Å²) in [6.07, 6.45) is 0. The van der Waals surface area contributed by atoms with Crippen LogP contribution in [0, 0.1) is 20.8 Å². The smallest absolute Gasteiger partial charge is 0.261 e. The lowest BCUT2D eigenvalue weighted by atomic mass is 10.1. The van der Waals surface area contributed by atoms with E-state index in [0.717, 1.165) is 16.7 Å². The molecule has 3 aromatic carbocycles. The Morgan fingerprint density at radius 2 is 1.48 bits per heavy atom. The molecular weight excluding hydrogens is 384 g/mol. The molecule has 29 heavy (non-hydrogen) atoms. The van der Waals surface area contributed by atoms with Crippen molar-refractivity contribution in [3.05, 3.63) is 94.5 Å². The highest BCUT2D eigenvalue weighted by Gasteiger charge is 2.19. The van der Waals surface area contributed by atoms with Gasteiger partial charge in [0.1, 0.15) is 0 Å². The van der Waals surface area contributed by atoms with Crippen LogP contribution in [-0.2, 0) is 16.6 Å². The van der Waals surface area contributed by atoms with Gasteiger partial charge < -0.3 is 5.32 Å². The molecule has 0 unspecified atom stereocenters. The molecule has 0 aliphatic rings. The van der Waals surface area contributed by atoms with E-state index in [2.05, 4.69) is 10.0 Å². The molecule has 0 fully saturated rings. The molecule has 3 aromatic rings. The lowest BCUT2D eigenvalue weighted by Gasteiger charge is -2.13. The molecule has 0 aliphatic carbocycles. The molecule has 0 saturated carbocycles. The second kappa shape index (κ2) is 8.49. The summed E-state index contributed by atoms with van der Waals surface area (Å²) >= 11 is 0. The molecule has 0 spiro atoms. The van der Waals surface area contributed by atoms with E-state index in [4.69, 9.17) is 0 Å². The van der Waals surface area contributed by atoms with Crippen molar-refractivity contribution in [2.24, 2.45) is 0 Å². The van der Waals surface area contributed by atoms with Gasteiger partial charge in [0.15, 0.2) is 0 Å². The number of carbonyl (C=O) groups is 1. The molecule has 6 heteroatoms. The Morgan fingerprint density at radius 3 is 2.17 bits per heavy atom. The van der Waals surface area contributed by atoms with Crippen molar-refractivity contribution in [3.63, 3.8) is 0 Å². The first-order valence-corrected chi connectivity index (χ1v) is 10.8. The molecule has 3 rings (SSSR count). The SMILES string of the molecule is Cc1ccccc1CNC(=O)c1cc(S(=O)(=O)Nc2ccccc2C)ccc1C. The van der Waals surface area contributed by atoms with Gasteiger partial charge in [-0.2, -0.15) is 0 Å². The van der Waals surface area contributed by atoms with Crippen LogP contribution in [0.1, 0.15) is 32.6 Å². The fourth-order valence-electron chi connectivity index (χ4n) is 2.98. The Balaban J connectivity index is 1.82. The summed E-state index contributed by atoms with van der Waals surface area (Å²) in [5, 5.41) is 2.88. The highest BCUT2D eigenvalue weighted by atomic mass is 32.2. The van der Waals surface area contributed by atoms with Gasteiger partial charge in [0, 0.05) is 12.1 Å². The minimum atomic E-state index is -3.81. The maximum atomic E-state index is 12.8. The largest absolute Gasteiger partial charge is 0.348 e. The Labute approximate surface area is 171 Å². The quantitative estimate of drug-likeness (QED) is 0.637.